The standard InChI is InChI=1S/C15H12FN3O/c16-11-4-5-14(12(18)7-11)20-15-10(8-17)6-9-2-1-3-13(9)19-15/h4-7H,1-3,18H2. The van der Waals surface area contributed by atoms with Gasteiger partial charge in [-0.25, -0.2) is 9.37 Å². The molecule has 0 saturated heterocycles. The average Bonchev–Trinajstić information content (AvgIpc) is 2.88. The predicted molar refractivity (Wildman–Crippen MR) is 71.9 cm³/mol. The molecule has 0 saturated carbocycles. The number of aryl methyl sites for hydroxylation is 2. The van der Waals surface area contributed by atoms with E-state index in [9.17, 15) is 9.65 Å². The van der Waals surface area contributed by atoms with Crippen LogP contribution in [-0.4, -0.2) is 4.98 Å². The summed E-state index contributed by atoms with van der Waals surface area (Å²) >= 11 is 0. The highest BCUT2D eigenvalue weighted by Crippen LogP contribution is 2.31. The van der Waals surface area contributed by atoms with Gasteiger partial charge in [-0.15, -0.1) is 0 Å². The number of fused-ring (bicyclic) bond motifs is 1. The Morgan fingerprint density at radius 3 is 2.90 bits per heavy atom. The van der Waals surface area contributed by atoms with Gasteiger partial charge in [-0.3, -0.25) is 0 Å². The first-order valence-corrected chi connectivity index (χ1v) is 6.33. The summed E-state index contributed by atoms with van der Waals surface area (Å²) in [6.45, 7) is 0. The number of aromatic nitrogens is 1. The smallest absolute Gasteiger partial charge is 0.237 e. The van der Waals surface area contributed by atoms with Crippen LogP contribution in [0.1, 0.15) is 23.2 Å². The highest BCUT2D eigenvalue weighted by molar-refractivity contribution is 5.55. The molecule has 2 N–H and O–H groups in total. The second-order valence-corrected chi connectivity index (χ2v) is 4.70. The summed E-state index contributed by atoms with van der Waals surface area (Å²) < 4.78 is 18.6. The van der Waals surface area contributed by atoms with Crippen molar-refractivity contribution < 1.29 is 9.13 Å². The zero-order valence-electron chi connectivity index (χ0n) is 10.7. The molecule has 1 aromatic carbocycles. The monoisotopic (exact) mass is 269 g/mol. The lowest BCUT2D eigenvalue weighted by Gasteiger charge is -2.10. The van der Waals surface area contributed by atoms with Gasteiger partial charge in [0.15, 0.2) is 5.75 Å². The molecule has 1 heterocycles. The third-order valence-electron chi connectivity index (χ3n) is 3.31. The molecule has 20 heavy (non-hydrogen) atoms. The van der Waals surface area contributed by atoms with Crippen LogP contribution in [0.15, 0.2) is 24.3 Å². The van der Waals surface area contributed by atoms with Crippen molar-refractivity contribution >= 4 is 5.69 Å². The molecular weight excluding hydrogens is 257 g/mol. The maximum Gasteiger partial charge on any atom is 0.237 e. The topological polar surface area (TPSA) is 71.9 Å². The zero-order valence-corrected chi connectivity index (χ0v) is 10.7. The second-order valence-electron chi connectivity index (χ2n) is 4.70. The molecule has 5 heteroatoms. The van der Waals surface area contributed by atoms with Gasteiger partial charge in [0.1, 0.15) is 17.4 Å². The zero-order chi connectivity index (χ0) is 14.1. The van der Waals surface area contributed by atoms with E-state index in [2.05, 4.69) is 11.1 Å². The minimum absolute atomic E-state index is 0.177. The Hall–Kier alpha value is -2.61. The van der Waals surface area contributed by atoms with Crippen molar-refractivity contribution in [1.29, 1.82) is 5.26 Å². The third-order valence-corrected chi connectivity index (χ3v) is 3.31. The van der Waals surface area contributed by atoms with Crippen molar-refractivity contribution in [2.75, 3.05) is 5.73 Å². The molecule has 0 atom stereocenters. The number of hydrogen-bond donors (Lipinski definition) is 1. The highest BCUT2D eigenvalue weighted by atomic mass is 19.1. The third kappa shape index (κ3) is 2.16. The molecule has 0 radical (unpaired) electrons. The van der Waals surface area contributed by atoms with E-state index in [0.717, 1.165) is 30.5 Å². The predicted octanol–water partition coefficient (Wildman–Crippen LogP) is 2.96. The van der Waals surface area contributed by atoms with Crippen LogP contribution in [0.5, 0.6) is 11.6 Å². The van der Waals surface area contributed by atoms with Crippen LogP contribution < -0.4 is 10.5 Å². The van der Waals surface area contributed by atoms with E-state index in [1.54, 1.807) is 0 Å². The Balaban J connectivity index is 2.00. The Labute approximate surface area is 115 Å². The van der Waals surface area contributed by atoms with Crippen molar-refractivity contribution in [3.8, 4) is 17.7 Å². The van der Waals surface area contributed by atoms with Crippen molar-refractivity contribution in [1.82, 2.24) is 4.98 Å². The first kappa shape index (κ1) is 12.4. The van der Waals surface area contributed by atoms with Crippen LogP contribution in [0.4, 0.5) is 10.1 Å². The quantitative estimate of drug-likeness (QED) is 0.851. The number of benzene rings is 1. The molecule has 1 aliphatic carbocycles. The molecule has 0 amide bonds. The fraction of sp³-hybridized carbons (Fsp3) is 0.200. The number of rotatable bonds is 2. The van der Waals surface area contributed by atoms with E-state index in [0.29, 0.717) is 11.3 Å². The molecule has 0 spiro atoms. The molecule has 1 aromatic heterocycles. The van der Waals surface area contributed by atoms with Gasteiger partial charge in [-0.05, 0) is 43.0 Å². The van der Waals surface area contributed by atoms with Crippen LogP contribution >= 0.6 is 0 Å². The molecule has 1 aliphatic rings. The van der Waals surface area contributed by atoms with Crippen LogP contribution in [0.2, 0.25) is 0 Å². The van der Waals surface area contributed by atoms with Crippen LogP contribution in [0.3, 0.4) is 0 Å². The summed E-state index contributed by atoms with van der Waals surface area (Å²) in [5.41, 5.74) is 8.30. The van der Waals surface area contributed by atoms with E-state index in [4.69, 9.17) is 10.5 Å². The minimum atomic E-state index is -0.433. The summed E-state index contributed by atoms with van der Waals surface area (Å²) in [5.74, 6) is 0.0945. The number of nitrogens with two attached hydrogens (primary N) is 1. The van der Waals surface area contributed by atoms with Gasteiger partial charge in [0.2, 0.25) is 5.88 Å². The van der Waals surface area contributed by atoms with Gasteiger partial charge in [0.25, 0.3) is 0 Å². The molecule has 0 aliphatic heterocycles. The van der Waals surface area contributed by atoms with Crippen LogP contribution in [0.25, 0.3) is 0 Å². The van der Waals surface area contributed by atoms with Crippen LogP contribution in [-0.2, 0) is 12.8 Å². The largest absolute Gasteiger partial charge is 0.436 e. The van der Waals surface area contributed by atoms with Crippen molar-refractivity contribution in [2.45, 2.75) is 19.3 Å². The highest BCUT2D eigenvalue weighted by Gasteiger charge is 2.18. The van der Waals surface area contributed by atoms with E-state index in [1.165, 1.54) is 18.2 Å². The first-order valence-electron chi connectivity index (χ1n) is 6.33. The molecule has 4 nitrogen and oxygen atoms in total. The van der Waals surface area contributed by atoms with Gasteiger partial charge in [0, 0.05) is 11.8 Å². The fourth-order valence-corrected chi connectivity index (χ4v) is 2.33. The molecule has 3 rings (SSSR count). The van der Waals surface area contributed by atoms with Crippen LogP contribution in [0, 0.1) is 17.1 Å². The summed E-state index contributed by atoms with van der Waals surface area (Å²) in [6.07, 6.45) is 2.86. The lowest BCUT2D eigenvalue weighted by molar-refractivity contribution is 0.460. The Kier molecular flexibility index (Phi) is 2.99. The first-order chi connectivity index (χ1) is 9.67. The second kappa shape index (κ2) is 4.82. The van der Waals surface area contributed by atoms with E-state index in [1.807, 2.05) is 6.07 Å². The van der Waals surface area contributed by atoms with Crippen molar-refractivity contribution in [2.24, 2.45) is 0 Å². The summed E-state index contributed by atoms with van der Waals surface area (Å²) in [5, 5.41) is 9.18. The average molecular weight is 269 g/mol. The molecule has 0 fully saturated rings. The normalized spacial score (nSPS) is 12.8. The minimum Gasteiger partial charge on any atom is -0.436 e. The maximum absolute atomic E-state index is 13.0. The Morgan fingerprint density at radius 1 is 1.30 bits per heavy atom. The number of hydrogen-bond acceptors (Lipinski definition) is 4. The summed E-state index contributed by atoms with van der Waals surface area (Å²) in [6, 6.07) is 7.75. The van der Waals surface area contributed by atoms with Gasteiger partial charge < -0.3 is 10.5 Å². The molecule has 0 unspecified atom stereocenters. The summed E-state index contributed by atoms with van der Waals surface area (Å²) in [4.78, 5) is 4.39. The molecular formula is C15H12FN3O. The number of pyridine rings is 1. The molecule has 0 bridgehead atoms. The van der Waals surface area contributed by atoms with E-state index in [-0.39, 0.29) is 11.6 Å². The van der Waals surface area contributed by atoms with Gasteiger partial charge in [-0.2, -0.15) is 5.26 Å². The number of ether oxygens (including phenoxy) is 1. The van der Waals surface area contributed by atoms with Crippen molar-refractivity contribution in [3.05, 3.63) is 46.9 Å². The van der Waals surface area contributed by atoms with Gasteiger partial charge in [0.05, 0.1) is 5.69 Å². The lowest BCUT2D eigenvalue weighted by atomic mass is 10.1. The number of nitrogens with zero attached hydrogens (tertiary/aromatic N) is 2. The molecule has 2 aromatic rings. The SMILES string of the molecule is N#Cc1cc2c(nc1Oc1ccc(F)cc1N)CCC2. The number of nitrogen functional groups attached to an aromatic ring is 1. The number of halogens is 1. The van der Waals surface area contributed by atoms with E-state index < -0.39 is 5.82 Å². The molecule has 100 valence electrons. The Morgan fingerprint density at radius 2 is 2.15 bits per heavy atom. The van der Waals surface area contributed by atoms with Gasteiger partial charge in [-0.1, -0.05) is 0 Å². The number of nitriles is 1. The fourth-order valence-electron chi connectivity index (χ4n) is 2.33. The maximum atomic E-state index is 13.0. The van der Waals surface area contributed by atoms with Crippen molar-refractivity contribution in [3.63, 3.8) is 0 Å². The van der Waals surface area contributed by atoms with E-state index >= 15 is 0 Å². The van der Waals surface area contributed by atoms with Gasteiger partial charge >= 0.3 is 0 Å². The number of anilines is 1. The Bertz CT molecular complexity index is 722. The lowest BCUT2D eigenvalue weighted by Crippen LogP contribution is -1.99. The summed E-state index contributed by atoms with van der Waals surface area (Å²) in [7, 11) is 0.